The van der Waals surface area contributed by atoms with E-state index in [4.69, 9.17) is 5.26 Å². The zero-order valence-corrected chi connectivity index (χ0v) is 8.47. The highest BCUT2D eigenvalue weighted by Gasteiger charge is 2.31. The first-order valence-corrected chi connectivity index (χ1v) is 4.81. The van der Waals surface area contributed by atoms with Gasteiger partial charge in [-0.05, 0) is 18.6 Å². The Morgan fingerprint density at radius 2 is 2.33 bits per heavy atom. The number of aromatic nitrogens is 1. The molecule has 0 unspecified atom stereocenters. The van der Waals surface area contributed by atoms with Crippen LogP contribution in [-0.4, -0.2) is 28.9 Å². The molecule has 1 fully saturated rings. The summed E-state index contributed by atoms with van der Waals surface area (Å²) in [5.74, 6) is -0.0237. The van der Waals surface area contributed by atoms with Gasteiger partial charge in [0.1, 0.15) is 0 Å². The van der Waals surface area contributed by atoms with Gasteiger partial charge in [-0.2, -0.15) is 5.26 Å². The third-order valence-corrected chi connectivity index (χ3v) is 2.47. The van der Waals surface area contributed by atoms with Crippen molar-refractivity contribution >= 4 is 5.91 Å². The van der Waals surface area contributed by atoms with Gasteiger partial charge in [-0.3, -0.25) is 9.78 Å². The van der Waals surface area contributed by atoms with Gasteiger partial charge < -0.3 is 4.90 Å². The molecule has 0 aromatic carbocycles. The molecule has 0 spiro atoms. The number of hydrogen-bond donors (Lipinski definition) is 0. The fourth-order valence-corrected chi connectivity index (χ4v) is 1.58. The van der Waals surface area contributed by atoms with E-state index in [1.807, 2.05) is 13.0 Å². The number of carbonyl (C=O) groups is 1. The van der Waals surface area contributed by atoms with E-state index in [0.29, 0.717) is 18.7 Å². The Balaban J connectivity index is 2.07. The molecule has 0 N–H and O–H groups in total. The molecule has 76 valence electrons. The number of pyridine rings is 1. The summed E-state index contributed by atoms with van der Waals surface area (Å²) in [6.45, 7) is 2.99. The molecule has 0 radical (unpaired) electrons. The second-order valence-corrected chi connectivity index (χ2v) is 3.79. The van der Waals surface area contributed by atoms with Crippen molar-refractivity contribution in [2.75, 3.05) is 13.1 Å². The summed E-state index contributed by atoms with van der Waals surface area (Å²) in [5.41, 5.74) is 1.57. The molecule has 4 heteroatoms. The fourth-order valence-electron chi connectivity index (χ4n) is 1.58. The van der Waals surface area contributed by atoms with E-state index in [1.165, 1.54) is 0 Å². The molecule has 0 atom stereocenters. The Labute approximate surface area is 88.1 Å². The van der Waals surface area contributed by atoms with Crippen molar-refractivity contribution in [3.63, 3.8) is 0 Å². The van der Waals surface area contributed by atoms with Crippen LogP contribution < -0.4 is 0 Å². The van der Waals surface area contributed by atoms with Gasteiger partial charge in [0, 0.05) is 25.5 Å². The average molecular weight is 201 g/mol. The van der Waals surface area contributed by atoms with Gasteiger partial charge in [0.2, 0.25) is 0 Å². The number of carbonyl (C=O) groups excluding carboxylic acids is 1. The number of rotatable bonds is 1. The average Bonchev–Trinajstić information content (AvgIpc) is 2.16. The molecule has 1 amide bonds. The summed E-state index contributed by atoms with van der Waals surface area (Å²) < 4.78 is 0. The number of aryl methyl sites for hydroxylation is 1. The van der Waals surface area contributed by atoms with Crippen molar-refractivity contribution in [1.29, 1.82) is 5.26 Å². The first kappa shape index (κ1) is 9.66. The predicted molar refractivity (Wildman–Crippen MR) is 54.0 cm³/mol. The van der Waals surface area contributed by atoms with Gasteiger partial charge in [0.05, 0.1) is 17.6 Å². The Hall–Kier alpha value is -1.89. The lowest BCUT2D eigenvalue weighted by Gasteiger charge is -2.35. The van der Waals surface area contributed by atoms with Crippen LogP contribution in [0.4, 0.5) is 0 Å². The van der Waals surface area contributed by atoms with E-state index in [9.17, 15) is 4.79 Å². The molecular formula is C11H11N3O. The maximum atomic E-state index is 11.8. The van der Waals surface area contributed by atoms with Gasteiger partial charge in [0.25, 0.3) is 5.91 Å². The molecule has 1 aromatic rings. The molecule has 2 rings (SSSR count). The Morgan fingerprint density at radius 1 is 1.60 bits per heavy atom. The van der Waals surface area contributed by atoms with Crippen LogP contribution in [0, 0.1) is 24.2 Å². The van der Waals surface area contributed by atoms with Gasteiger partial charge in [-0.25, -0.2) is 0 Å². The number of amides is 1. The van der Waals surface area contributed by atoms with E-state index in [-0.39, 0.29) is 11.8 Å². The summed E-state index contributed by atoms with van der Waals surface area (Å²) >= 11 is 0. The largest absolute Gasteiger partial charge is 0.336 e. The van der Waals surface area contributed by atoms with Crippen LogP contribution in [0.2, 0.25) is 0 Å². The van der Waals surface area contributed by atoms with Crippen LogP contribution in [-0.2, 0) is 0 Å². The highest BCUT2D eigenvalue weighted by atomic mass is 16.2. The topological polar surface area (TPSA) is 57.0 Å². The van der Waals surface area contributed by atoms with Crippen molar-refractivity contribution < 1.29 is 4.79 Å². The third kappa shape index (κ3) is 1.82. The lowest BCUT2D eigenvalue weighted by Crippen LogP contribution is -2.49. The molecule has 1 aromatic heterocycles. The minimum absolute atomic E-state index is 0.00622. The van der Waals surface area contributed by atoms with E-state index in [0.717, 1.165) is 5.56 Å². The molecule has 2 heterocycles. The minimum Gasteiger partial charge on any atom is -0.336 e. The van der Waals surface area contributed by atoms with Crippen LogP contribution in [0.5, 0.6) is 0 Å². The van der Waals surface area contributed by atoms with Crippen molar-refractivity contribution in [3.8, 4) is 6.07 Å². The fraction of sp³-hybridized carbons (Fsp3) is 0.364. The number of nitrogens with zero attached hydrogens (tertiary/aromatic N) is 3. The maximum Gasteiger partial charge on any atom is 0.255 e. The van der Waals surface area contributed by atoms with Crippen molar-refractivity contribution in [2.24, 2.45) is 5.92 Å². The second kappa shape index (κ2) is 3.70. The highest BCUT2D eigenvalue weighted by molar-refractivity contribution is 5.94. The number of hydrogen-bond acceptors (Lipinski definition) is 3. The Kier molecular flexibility index (Phi) is 2.38. The first-order valence-electron chi connectivity index (χ1n) is 4.81. The van der Waals surface area contributed by atoms with Crippen LogP contribution in [0.3, 0.4) is 0 Å². The van der Waals surface area contributed by atoms with E-state index < -0.39 is 0 Å². The summed E-state index contributed by atoms with van der Waals surface area (Å²) in [6, 6.07) is 3.95. The summed E-state index contributed by atoms with van der Waals surface area (Å²) in [7, 11) is 0. The summed E-state index contributed by atoms with van der Waals surface area (Å²) in [6.07, 6.45) is 3.28. The number of nitriles is 1. The molecule has 0 bridgehead atoms. The van der Waals surface area contributed by atoms with Gasteiger partial charge >= 0.3 is 0 Å². The summed E-state index contributed by atoms with van der Waals surface area (Å²) in [5, 5.41) is 8.60. The van der Waals surface area contributed by atoms with E-state index >= 15 is 0 Å². The SMILES string of the molecule is Cc1cncc(C(=O)N2CC(C#N)C2)c1. The molecule has 0 aliphatic carbocycles. The molecular weight excluding hydrogens is 190 g/mol. The van der Waals surface area contributed by atoms with E-state index in [1.54, 1.807) is 17.3 Å². The van der Waals surface area contributed by atoms with Crippen molar-refractivity contribution in [2.45, 2.75) is 6.92 Å². The zero-order chi connectivity index (χ0) is 10.8. The smallest absolute Gasteiger partial charge is 0.255 e. The van der Waals surface area contributed by atoms with Crippen molar-refractivity contribution in [1.82, 2.24) is 9.88 Å². The molecule has 1 aliphatic heterocycles. The minimum atomic E-state index is -0.0299. The van der Waals surface area contributed by atoms with Gasteiger partial charge in [0.15, 0.2) is 0 Å². The molecule has 1 aliphatic rings. The van der Waals surface area contributed by atoms with Crippen LogP contribution in [0.1, 0.15) is 15.9 Å². The summed E-state index contributed by atoms with van der Waals surface area (Å²) in [4.78, 5) is 17.5. The second-order valence-electron chi connectivity index (χ2n) is 3.79. The van der Waals surface area contributed by atoms with Gasteiger partial charge in [-0.15, -0.1) is 0 Å². The van der Waals surface area contributed by atoms with Gasteiger partial charge in [-0.1, -0.05) is 0 Å². The third-order valence-electron chi connectivity index (χ3n) is 2.47. The Morgan fingerprint density at radius 3 is 2.93 bits per heavy atom. The zero-order valence-electron chi connectivity index (χ0n) is 8.47. The van der Waals surface area contributed by atoms with Crippen molar-refractivity contribution in [3.05, 3.63) is 29.6 Å². The van der Waals surface area contributed by atoms with E-state index in [2.05, 4.69) is 11.1 Å². The normalized spacial score (nSPS) is 15.6. The quantitative estimate of drug-likeness (QED) is 0.680. The molecule has 15 heavy (non-hydrogen) atoms. The van der Waals surface area contributed by atoms with Crippen LogP contribution >= 0.6 is 0 Å². The predicted octanol–water partition coefficient (Wildman–Crippen LogP) is 0.986. The maximum absolute atomic E-state index is 11.8. The Bertz CT molecular complexity index is 430. The lowest BCUT2D eigenvalue weighted by atomic mass is 10.0. The number of likely N-dealkylation sites (tertiary alicyclic amines) is 1. The standard InChI is InChI=1S/C11H11N3O/c1-8-2-10(5-13-4-8)11(15)14-6-9(3-12)7-14/h2,4-5,9H,6-7H2,1H3. The first-order chi connectivity index (χ1) is 7.20. The van der Waals surface area contributed by atoms with Crippen LogP contribution in [0.15, 0.2) is 18.5 Å². The lowest BCUT2D eigenvalue weighted by molar-refractivity contribution is 0.0577. The molecule has 1 saturated heterocycles. The molecule has 4 nitrogen and oxygen atoms in total. The molecule has 0 saturated carbocycles. The highest BCUT2D eigenvalue weighted by Crippen LogP contribution is 2.17. The van der Waals surface area contributed by atoms with Crippen LogP contribution in [0.25, 0.3) is 0 Å². The monoisotopic (exact) mass is 201 g/mol.